The molecule has 1 aliphatic heterocycles. The van der Waals surface area contributed by atoms with Crippen molar-refractivity contribution in [2.45, 2.75) is 31.8 Å². The van der Waals surface area contributed by atoms with Gasteiger partial charge in [-0.2, -0.15) is 13.2 Å². The Morgan fingerprint density at radius 2 is 1.63 bits per heavy atom. The van der Waals surface area contributed by atoms with Gasteiger partial charge in [-0.3, -0.25) is 4.98 Å². The molecular formula is C30H24F6N4O3. The van der Waals surface area contributed by atoms with Crippen LogP contribution in [0.2, 0.25) is 0 Å². The number of anilines is 4. The van der Waals surface area contributed by atoms with Gasteiger partial charge in [0.05, 0.1) is 28.3 Å². The molecule has 3 aromatic carbocycles. The lowest BCUT2D eigenvalue weighted by molar-refractivity contribution is -0.274. The third-order valence-electron chi connectivity index (χ3n) is 6.81. The number of hydrogen-bond acceptors (Lipinski definition) is 5. The number of halogens is 6. The first-order valence-electron chi connectivity index (χ1n) is 12.8. The molecule has 0 spiro atoms. The van der Waals surface area contributed by atoms with Gasteiger partial charge in [0.25, 0.3) is 0 Å². The Morgan fingerprint density at radius 1 is 0.930 bits per heavy atom. The Hall–Kier alpha value is -4.94. The van der Waals surface area contributed by atoms with E-state index in [0.29, 0.717) is 40.4 Å². The SMILES string of the molecule is CC1(C)CN(c2ccccc2NC(=O)Nc2ccc(OC(F)(F)F)cc2)c2c(O)ccc(-c3ccc(C(F)(F)F)cn3)c21. The molecule has 7 nitrogen and oxygen atoms in total. The number of amides is 2. The first-order valence-corrected chi connectivity index (χ1v) is 12.8. The average molecular weight is 603 g/mol. The van der Waals surface area contributed by atoms with Gasteiger partial charge in [0.1, 0.15) is 11.5 Å². The quantitative estimate of drug-likeness (QED) is 0.200. The van der Waals surface area contributed by atoms with E-state index >= 15 is 0 Å². The van der Waals surface area contributed by atoms with Crippen LogP contribution in [-0.2, 0) is 11.6 Å². The van der Waals surface area contributed by atoms with E-state index in [-0.39, 0.29) is 11.4 Å². The number of aromatic nitrogens is 1. The number of hydrogen-bond donors (Lipinski definition) is 3. The summed E-state index contributed by atoms with van der Waals surface area (Å²) in [4.78, 5) is 18.7. The number of phenolic OH excluding ortho intramolecular Hbond substituents is 1. The molecule has 4 aromatic rings. The molecule has 1 aromatic heterocycles. The van der Waals surface area contributed by atoms with E-state index in [0.717, 1.165) is 24.4 Å². The highest BCUT2D eigenvalue weighted by molar-refractivity contribution is 6.03. The van der Waals surface area contributed by atoms with Crippen molar-refractivity contribution in [3.8, 4) is 22.8 Å². The molecule has 0 saturated carbocycles. The van der Waals surface area contributed by atoms with Gasteiger partial charge in [-0.05, 0) is 66.2 Å². The highest BCUT2D eigenvalue weighted by Gasteiger charge is 2.41. The van der Waals surface area contributed by atoms with Crippen LogP contribution in [0, 0.1) is 0 Å². The Kier molecular flexibility index (Phi) is 7.36. The summed E-state index contributed by atoms with van der Waals surface area (Å²) in [6, 6.07) is 16.0. The molecule has 224 valence electrons. The third kappa shape index (κ3) is 6.30. The second-order valence-corrected chi connectivity index (χ2v) is 10.4. The zero-order valence-corrected chi connectivity index (χ0v) is 22.6. The Morgan fingerprint density at radius 3 is 2.26 bits per heavy atom. The molecule has 0 radical (unpaired) electrons. The minimum atomic E-state index is -4.85. The lowest BCUT2D eigenvalue weighted by Gasteiger charge is -2.25. The normalized spacial score (nSPS) is 14.3. The van der Waals surface area contributed by atoms with E-state index < -0.39 is 35.3 Å². The number of alkyl halides is 6. The van der Waals surface area contributed by atoms with Gasteiger partial charge in [0, 0.05) is 29.4 Å². The average Bonchev–Trinajstić information content (AvgIpc) is 3.21. The maximum Gasteiger partial charge on any atom is 0.573 e. The van der Waals surface area contributed by atoms with Gasteiger partial charge >= 0.3 is 18.6 Å². The highest BCUT2D eigenvalue weighted by Crippen LogP contribution is 2.53. The number of benzene rings is 3. The molecule has 0 aliphatic carbocycles. The molecule has 13 heteroatoms. The van der Waals surface area contributed by atoms with Crippen LogP contribution >= 0.6 is 0 Å². The number of para-hydroxylation sites is 2. The molecule has 0 saturated heterocycles. The van der Waals surface area contributed by atoms with E-state index in [2.05, 4.69) is 20.4 Å². The summed E-state index contributed by atoms with van der Waals surface area (Å²) in [5.41, 5.74) is 1.54. The number of ether oxygens (including phenoxy) is 1. The van der Waals surface area contributed by atoms with Crippen molar-refractivity contribution in [3.63, 3.8) is 0 Å². The van der Waals surface area contributed by atoms with E-state index in [1.165, 1.54) is 24.3 Å². The third-order valence-corrected chi connectivity index (χ3v) is 6.81. The minimum Gasteiger partial charge on any atom is -0.506 e. The molecule has 2 heterocycles. The van der Waals surface area contributed by atoms with Crippen LogP contribution in [0.15, 0.2) is 79.0 Å². The molecule has 5 rings (SSSR count). The molecule has 0 fully saturated rings. The molecule has 0 bridgehead atoms. The van der Waals surface area contributed by atoms with E-state index in [1.54, 1.807) is 35.2 Å². The Bertz CT molecular complexity index is 1650. The summed E-state index contributed by atoms with van der Waals surface area (Å²) in [6.45, 7) is 4.19. The molecule has 0 unspecified atom stereocenters. The number of urea groups is 1. The lowest BCUT2D eigenvalue weighted by atomic mass is 9.82. The zero-order chi connectivity index (χ0) is 31.2. The fourth-order valence-electron chi connectivity index (χ4n) is 5.07. The first-order chi connectivity index (χ1) is 20.1. The summed E-state index contributed by atoms with van der Waals surface area (Å²) in [7, 11) is 0. The molecular weight excluding hydrogens is 578 g/mol. The summed E-state index contributed by atoms with van der Waals surface area (Å²) in [6.07, 6.45) is -8.61. The summed E-state index contributed by atoms with van der Waals surface area (Å²) >= 11 is 0. The lowest BCUT2D eigenvalue weighted by Crippen LogP contribution is -2.27. The second kappa shape index (κ2) is 10.7. The maximum atomic E-state index is 13.1. The summed E-state index contributed by atoms with van der Waals surface area (Å²) < 4.78 is 80.5. The van der Waals surface area contributed by atoms with Crippen LogP contribution in [0.5, 0.6) is 11.5 Å². The Balaban J connectivity index is 1.44. The zero-order valence-electron chi connectivity index (χ0n) is 22.6. The van der Waals surface area contributed by atoms with E-state index in [4.69, 9.17) is 0 Å². The van der Waals surface area contributed by atoms with Crippen LogP contribution in [0.25, 0.3) is 11.3 Å². The van der Waals surface area contributed by atoms with Crippen molar-refractivity contribution < 1.29 is 41.0 Å². The van der Waals surface area contributed by atoms with Gasteiger partial charge in [-0.25, -0.2) is 4.79 Å². The number of carbonyl (C=O) groups excluding carboxylic acids is 1. The minimum absolute atomic E-state index is 0.0725. The predicted molar refractivity (Wildman–Crippen MR) is 149 cm³/mol. The van der Waals surface area contributed by atoms with E-state index in [9.17, 15) is 36.2 Å². The Labute approximate surface area is 241 Å². The monoisotopic (exact) mass is 602 g/mol. The van der Waals surface area contributed by atoms with Crippen molar-refractivity contribution in [1.29, 1.82) is 0 Å². The number of carbonyl (C=O) groups is 1. The first kappa shape index (κ1) is 29.5. The molecule has 2 amide bonds. The van der Waals surface area contributed by atoms with Crippen molar-refractivity contribution >= 4 is 28.8 Å². The van der Waals surface area contributed by atoms with Crippen LogP contribution < -0.4 is 20.3 Å². The van der Waals surface area contributed by atoms with Gasteiger partial charge < -0.3 is 25.4 Å². The number of nitrogens with one attached hydrogen (secondary N) is 2. The van der Waals surface area contributed by atoms with Crippen LogP contribution in [0.1, 0.15) is 25.0 Å². The van der Waals surface area contributed by atoms with Crippen molar-refractivity contribution in [2.24, 2.45) is 0 Å². The van der Waals surface area contributed by atoms with Gasteiger partial charge in [0.2, 0.25) is 0 Å². The number of phenols is 1. The molecule has 43 heavy (non-hydrogen) atoms. The van der Waals surface area contributed by atoms with Crippen LogP contribution in [0.3, 0.4) is 0 Å². The summed E-state index contributed by atoms with van der Waals surface area (Å²) in [5, 5.41) is 16.3. The largest absolute Gasteiger partial charge is 0.573 e. The predicted octanol–water partition coefficient (Wildman–Crippen LogP) is 8.44. The molecule has 1 aliphatic rings. The number of aromatic hydroxyl groups is 1. The molecule has 3 N–H and O–H groups in total. The summed E-state index contributed by atoms with van der Waals surface area (Å²) in [5.74, 6) is -0.513. The topological polar surface area (TPSA) is 86.7 Å². The van der Waals surface area contributed by atoms with Gasteiger partial charge in [-0.1, -0.05) is 26.0 Å². The number of nitrogens with zero attached hydrogens (tertiary/aromatic N) is 2. The standard InChI is InChI=1S/C30H24F6N4O3/c1-28(2)16-40(26-24(41)14-12-20(25(26)28)21-13-7-17(15-37-21)29(31,32)33)23-6-4-3-5-22(23)39-27(42)38-18-8-10-19(11-9-18)43-30(34,35)36/h3-15,41H,16H2,1-2H3,(H2,38,39,42). The van der Waals surface area contributed by atoms with Crippen molar-refractivity contribution in [3.05, 3.63) is 90.1 Å². The van der Waals surface area contributed by atoms with Gasteiger partial charge in [-0.15, -0.1) is 13.2 Å². The maximum absolute atomic E-state index is 13.1. The highest BCUT2D eigenvalue weighted by atomic mass is 19.4. The van der Waals surface area contributed by atoms with Crippen molar-refractivity contribution in [2.75, 3.05) is 22.1 Å². The van der Waals surface area contributed by atoms with Crippen LogP contribution in [-0.4, -0.2) is 29.0 Å². The smallest absolute Gasteiger partial charge is 0.506 e. The fourth-order valence-corrected chi connectivity index (χ4v) is 5.07. The second-order valence-electron chi connectivity index (χ2n) is 10.4. The van der Waals surface area contributed by atoms with Crippen LogP contribution in [0.4, 0.5) is 53.9 Å². The number of fused-ring (bicyclic) bond motifs is 1. The van der Waals surface area contributed by atoms with Gasteiger partial charge in [0.15, 0.2) is 0 Å². The van der Waals surface area contributed by atoms with Crippen molar-refractivity contribution in [1.82, 2.24) is 4.98 Å². The molecule has 0 atom stereocenters. The number of pyridine rings is 1. The number of rotatable bonds is 5. The fraction of sp³-hybridized carbons (Fsp3) is 0.200. The van der Waals surface area contributed by atoms with E-state index in [1.807, 2.05) is 13.8 Å².